The summed E-state index contributed by atoms with van der Waals surface area (Å²) in [5, 5.41) is 33.0. The van der Waals surface area contributed by atoms with Crippen molar-refractivity contribution in [1.29, 1.82) is 0 Å². The van der Waals surface area contributed by atoms with Gasteiger partial charge in [-0.15, -0.1) is 0 Å². The van der Waals surface area contributed by atoms with Crippen molar-refractivity contribution in [2.45, 2.75) is 46.1 Å². The molecule has 1 unspecified atom stereocenters. The van der Waals surface area contributed by atoms with Crippen molar-refractivity contribution in [1.82, 2.24) is 0 Å². The summed E-state index contributed by atoms with van der Waals surface area (Å²) in [5.41, 5.74) is 0.352. The first-order valence-corrected chi connectivity index (χ1v) is 7.24. The summed E-state index contributed by atoms with van der Waals surface area (Å²) in [6.07, 6.45) is 2.66. The topological polar surface area (TPSA) is 124 Å². The van der Waals surface area contributed by atoms with E-state index in [-0.39, 0.29) is 24.4 Å². The molecule has 7 nitrogen and oxygen atoms in total. The molecule has 7 heteroatoms. The van der Waals surface area contributed by atoms with E-state index in [1.54, 1.807) is 0 Å². The van der Waals surface area contributed by atoms with Gasteiger partial charge in [-0.25, -0.2) is 9.59 Å². The Labute approximate surface area is 137 Å². The molecule has 0 fully saturated rings. The molecule has 0 rings (SSSR count). The SMILES string of the molecule is C=C(C)C(=O)O.C=C(C)C(=O)O.CCCCCOCC(O)CO. The van der Waals surface area contributed by atoms with E-state index in [9.17, 15) is 9.59 Å². The first-order chi connectivity index (χ1) is 10.6. The lowest BCUT2D eigenvalue weighted by molar-refractivity contribution is -0.133. The zero-order valence-electron chi connectivity index (χ0n) is 14.2. The van der Waals surface area contributed by atoms with Gasteiger partial charge in [-0.1, -0.05) is 32.9 Å². The molecule has 1 atom stereocenters. The van der Waals surface area contributed by atoms with Gasteiger partial charge < -0.3 is 25.2 Å². The quantitative estimate of drug-likeness (QED) is 0.374. The maximum atomic E-state index is 9.60. The number of aliphatic carboxylic acids is 2. The first-order valence-electron chi connectivity index (χ1n) is 7.24. The van der Waals surface area contributed by atoms with Crippen LogP contribution in [0.4, 0.5) is 0 Å². The maximum absolute atomic E-state index is 9.60. The third-order valence-corrected chi connectivity index (χ3v) is 2.14. The van der Waals surface area contributed by atoms with Gasteiger partial charge in [0.05, 0.1) is 13.2 Å². The number of carboxylic acids is 2. The van der Waals surface area contributed by atoms with Crippen molar-refractivity contribution in [3.8, 4) is 0 Å². The molecule has 0 aromatic rings. The summed E-state index contributed by atoms with van der Waals surface area (Å²) >= 11 is 0. The van der Waals surface area contributed by atoms with Crippen LogP contribution in [0.15, 0.2) is 24.3 Å². The van der Waals surface area contributed by atoms with Gasteiger partial charge in [-0.3, -0.25) is 0 Å². The van der Waals surface area contributed by atoms with Crippen LogP contribution < -0.4 is 0 Å². The van der Waals surface area contributed by atoms with Crippen molar-refractivity contribution in [3.05, 3.63) is 24.3 Å². The summed E-state index contributed by atoms with van der Waals surface area (Å²) in [4.78, 5) is 19.2. The molecule has 0 bridgehead atoms. The van der Waals surface area contributed by atoms with Crippen LogP contribution in [0.2, 0.25) is 0 Å². The van der Waals surface area contributed by atoms with Crippen LogP contribution in [0.1, 0.15) is 40.0 Å². The Morgan fingerprint density at radius 2 is 1.43 bits per heavy atom. The number of carbonyl (C=O) groups is 2. The highest BCUT2D eigenvalue weighted by Crippen LogP contribution is 1.94. The molecule has 0 heterocycles. The molecule has 0 amide bonds. The standard InChI is InChI=1S/C8H18O3.2C4H6O2/c1-2-3-4-5-11-7-8(10)6-9;2*1-3(2)4(5)6/h8-10H,2-7H2,1H3;2*1H2,2H3,(H,5,6). The number of rotatable bonds is 9. The Morgan fingerprint density at radius 1 is 1.04 bits per heavy atom. The highest BCUT2D eigenvalue weighted by atomic mass is 16.5. The van der Waals surface area contributed by atoms with Crippen molar-refractivity contribution < 1.29 is 34.8 Å². The zero-order chi connectivity index (χ0) is 18.8. The van der Waals surface area contributed by atoms with E-state index < -0.39 is 18.0 Å². The molecule has 0 aliphatic rings. The summed E-state index contributed by atoms with van der Waals surface area (Å²) in [5.74, 6) is -1.87. The highest BCUT2D eigenvalue weighted by molar-refractivity contribution is 5.85. The van der Waals surface area contributed by atoms with Gasteiger partial charge in [-0.05, 0) is 20.3 Å². The van der Waals surface area contributed by atoms with Crippen molar-refractivity contribution in [2.75, 3.05) is 19.8 Å². The molecule has 0 aromatic heterocycles. The molecule has 4 N–H and O–H groups in total. The van der Waals surface area contributed by atoms with E-state index in [0.29, 0.717) is 6.61 Å². The van der Waals surface area contributed by atoms with Crippen LogP contribution in [-0.2, 0) is 14.3 Å². The van der Waals surface area contributed by atoms with E-state index in [1.807, 2.05) is 0 Å². The monoisotopic (exact) mass is 334 g/mol. The van der Waals surface area contributed by atoms with Crippen LogP contribution in [0.5, 0.6) is 0 Å². The Bertz CT molecular complexity index is 302. The predicted octanol–water partition coefficient (Wildman–Crippen LogP) is 1.84. The second kappa shape index (κ2) is 18.3. The number of ether oxygens (including phenoxy) is 1. The Hall–Kier alpha value is -1.70. The normalized spacial score (nSPS) is 10.3. The van der Waals surface area contributed by atoms with Crippen LogP contribution in [0.3, 0.4) is 0 Å². The van der Waals surface area contributed by atoms with Gasteiger partial charge in [0.25, 0.3) is 0 Å². The van der Waals surface area contributed by atoms with Crippen molar-refractivity contribution >= 4 is 11.9 Å². The lowest BCUT2D eigenvalue weighted by atomic mass is 10.3. The molecule has 136 valence electrons. The number of unbranched alkanes of at least 4 members (excludes halogenated alkanes) is 2. The van der Waals surface area contributed by atoms with Gasteiger partial charge in [0.2, 0.25) is 0 Å². The predicted molar refractivity (Wildman–Crippen MR) is 88.3 cm³/mol. The molecule has 23 heavy (non-hydrogen) atoms. The van der Waals surface area contributed by atoms with Gasteiger partial charge in [0, 0.05) is 17.8 Å². The van der Waals surface area contributed by atoms with Gasteiger partial charge >= 0.3 is 11.9 Å². The maximum Gasteiger partial charge on any atom is 0.330 e. The molecular weight excluding hydrogens is 304 g/mol. The summed E-state index contributed by atoms with van der Waals surface area (Å²) in [7, 11) is 0. The first kappa shape index (κ1) is 26.2. The lowest BCUT2D eigenvalue weighted by Gasteiger charge is -2.07. The average Bonchev–Trinajstić information content (AvgIpc) is 2.47. The van der Waals surface area contributed by atoms with E-state index in [1.165, 1.54) is 20.3 Å². The highest BCUT2D eigenvalue weighted by Gasteiger charge is 1.99. The third-order valence-electron chi connectivity index (χ3n) is 2.14. The number of hydrogen-bond acceptors (Lipinski definition) is 5. The van der Waals surface area contributed by atoms with Crippen molar-refractivity contribution in [3.63, 3.8) is 0 Å². The molecular formula is C16H30O7. The fraction of sp³-hybridized carbons (Fsp3) is 0.625. The number of aliphatic hydroxyl groups excluding tert-OH is 2. The van der Waals surface area contributed by atoms with E-state index in [2.05, 4.69) is 20.1 Å². The van der Waals surface area contributed by atoms with Gasteiger partial charge in [-0.2, -0.15) is 0 Å². The number of hydrogen-bond donors (Lipinski definition) is 4. The molecule has 0 aliphatic carbocycles. The summed E-state index contributed by atoms with van der Waals surface area (Å²) in [6.45, 7) is 12.1. The average molecular weight is 334 g/mol. The minimum Gasteiger partial charge on any atom is -0.478 e. The number of carboxylic acid groups (broad SMARTS) is 2. The minimum absolute atomic E-state index is 0.176. The largest absolute Gasteiger partial charge is 0.478 e. The summed E-state index contributed by atoms with van der Waals surface area (Å²) < 4.78 is 5.08. The smallest absolute Gasteiger partial charge is 0.330 e. The second-order valence-electron chi connectivity index (χ2n) is 4.79. The van der Waals surface area contributed by atoms with Crippen molar-refractivity contribution in [2.24, 2.45) is 0 Å². The number of aliphatic hydroxyl groups is 2. The van der Waals surface area contributed by atoms with Gasteiger partial charge in [0.1, 0.15) is 6.10 Å². The van der Waals surface area contributed by atoms with Crippen LogP contribution in [0, 0.1) is 0 Å². The molecule has 0 radical (unpaired) electrons. The van der Waals surface area contributed by atoms with Gasteiger partial charge in [0.15, 0.2) is 0 Å². The third kappa shape index (κ3) is 29.0. The van der Waals surface area contributed by atoms with Crippen LogP contribution >= 0.6 is 0 Å². The Kier molecular flexibility index (Phi) is 20.9. The molecule has 0 saturated heterocycles. The summed E-state index contributed by atoms with van der Waals surface area (Å²) in [6, 6.07) is 0. The Morgan fingerprint density at radius 3 is 1.70 bits per heavy atom. The zero-order valence-corrected chi connectivity index (χ0v) is 14.2. The van der Waals surface area contributed by atoms with Crippen LogP contribution in [-0.4, -0.2) is 58.3 Å². The van der Waals surface area contributed by atoms with E-state index >= 15 is 0 Å². The molecule has 0 aliphatic heterocycles. The van der Waals surface area contributed by atoms with Crippen LogP contribution in [0.25, 0.3) is 0 Å². The molecule has 0 saturated carbocycles. The van der Waals surface area contributed by atoms with E-state index in [4.69, 9.17) is 25.2 Å². The fourth-order valence-corrected chi connectivity index (χ4v) is 0.726. The fourth-order valence-electron chi connectivity index (χ4n) is 0.726. The minimum atomic E-state index is -0.935. The Balaban J connectivity index is -0.000000284. The molecule has 0 spiro atoms. The second-order valence-corrected chi connectivity index (χ2v) is 4.79. The lowest BCUT2D eigenvalue weighted by Crippen LogP contribution is -2.19. The van der Waals surface area contributed by atoms with E-state index in [0.717, 1.165) is 12.8 Å². The molecule has 0 aromatic carbocycles.